The SMILES string of the molecule is Cc1nc(NC(=O)CN2CCN(C)CC2)sc1-c1ccc2c(c1)CN=C2. The molecule has 2 aliphatic rings. The van der Waals surface area contributed by atoms with Gasteiger partial charge in [-0.15, -0.1) is 0 Å². The van der Waals surface area contributed by atoms with Gasteiger partial charge in [0.1, 0.15) is 0 Å². The number of nitrogens with zero attached hydrogens (tertiary/aromatic N) is 4. The lowest BCUT2D eigenvalue weighted by molar-refractivity contribution is -0.117. The molecule has 2 aliphatic heterocycles. The molecule has 1 amide bonds. The second-order valence-electron chi connectivity index (χ2n) is 6.94. The standard InChI is InChI=1S/C19H23N5OS/c1-13-18(14-3-4-15-10-20-11-16(15)9-14)26-19(21-13)22-17(25)12-24-7-5-23(2)6-8-24/h3-4,9-10H,5-8,11-12H2,1-2H3,(H,21,22,25). The van der Waals surface area contributed by atoms with Gasteiger partial charge in [0.25, 0.3) is 0 Å². The number of rotatable bonds is 4. The van der Waals surface area contributed by atoms with Crippen LogP contribution in [0.2, 0.25) is 0 Å². The molecule has 0 aliphatic carbocycles. The van der Waals surface area contributed by atoms with Gasteiger partial charge in [-0.25, -0.2) is 4.98 Å². The Morgan fingerprint density at radius 1 is 1.27 bits per heavy atom. The summed E-state index contributed by atoms with van der Waals surface area (Å²) in [6, 6.07) is 6.39. The molecule has 2 aromatic rings. The molecule has 4 rings (SSSR count). The Balaban J connectivity index is 1.42. The smallest absolute Gasteiger partial charge is 0.240 e. The van der Waals surface area contributed by atoms with Crippen LogP contribution < -0.4 is 5.32 Å². The van der Waals surface area contributed by atoms with Crippen molar-refractivity contribution in [2.24, 2.45) is 4.99 Å². The highest BCUT2D eigenvalue weighted by Gasteiger charge is 2.18. The maximum absolute atomic E-state index is 12.4. The summed E-state index contributed by atoms with van der Waals surface area (Å²) in [5, 5.41) is 3.65. The molecule has 26 heavy (non-hydrogen) atoms. The molecule has 1 aromatic heterocycles. The number of piperazine rings is 1. The summed E-state index contributed by atoms with van der Waals surface area (Å²) >= 11 is 1.54. The van der Waals surface area contributed by atoms with Crippen molar-refractivity contribution in [3.63, 3.8) is 0 Å². The zero-order valence-electron chi connectivity index (χ0n) is 15.2. The number of aryl methyl sites for hydroxylation is 1. The molecule has 0 atom stereocenters. The molecule has 136 valence electrons. The van der Waals surface area contributed by atoms with Gasteiger partial charge >= 0.3 is 0 Å². The molecule has 0 saturated carbocycles. The molecule has 0 spiro atoms. The van der Waals surface area contributed by atoms with Crippen LogP contribution in [0.5, 0.6) is 0 Å². The predicted molar refractivity (Wildman–Crippen MR) is 106 cm³/mol. The number of amides is 1. The van der Waals surface area contributed by atoms with Crippen molar-refractivity contribution in [1.29, 1.82) is 0 Å². The van der Waals surface area contributed by atoms with Gasteiger partial charge in [0.15, 0.2) is 5.13 Å². The highest BCUT2D eigenvalue weighted by atomic mass is 32.1. The van der Waals surface area contributed by atoms with Gasteiger partial charge in [-0.3, -0.25) is 14.7 Å². The lowest BCUT2D eigenvalue weighted by Crippen LogP contribution is -2.47. The molecule has 1 N–H and O–H groups in total. The van der Waals surface area contributed by atoms with Crippen molar-refractivity contribution in [2.45, 2.75) is 13.5 Å². The number of benzene rings is 1. The first-order chi connectivity index (χ1) is 12.6. The van der Waals surface area contributed by atoms with Crippen molar-refractivity contribution in [3.05, 3.63) is 35.0 Å². The average molecular weight is 369 g/mol. The van der Waals surface area contributed by atoms with Crippen molar-refractivity contribution in [1.82, 2.24) is 14.8 Å². The third-order valence-corrected chi connectivity index (χ3v) is 6.03. The Morgan fingerprint density at radius 3 is 2.88 bits per heavy atom. The fourth-order valence-corrected chi connectivity index (χ4v) is 4.32. The number of likely N-dealkylation sites (N-methyl/N-ethyl adjacent to an activating group) is 1. The lowest BCUT2D eigenvalue weighted by atomic mass is 10.0. The zero-order chi connectivity index (χ0) is 18.1. The number of thiazole rings is 1. The Kier molecular flexibility index (Phi) is 4.84. The topological polar surface area (TPSA) is 60.8 Å². The van der Waals surface area contributed by atoms with E-state index in [2.05, 4.69) is 50.3 Å². The largest absolute Gasteiger partial charge is 0.304 e. The summed E-state index contributed by atoms with van der Waals surface area (Å²) in [5.74, 6) is 0.0113. The van der Waals surface area contributed by atoms with E-state index < -0.39 is 0 Å². The molecule has 0 unspecified atom stereocenters. The van der Waals surface area contributed by atoms with Crippen molar-refractivity contribution < 1.29 is 4.79 Å². The van der Waals surface area contributed by atoms with E-state index in [1.165, 1.54) is 22.5 Å². The number of hydrogen-bond donors (Lipinski definition) is 1. The van der Waals surface area contributed by atoms with Crippen LogP contribution in [-0.4, -0.2) is 66.7 Å². The van der Waals surface area contributed by atoms with E-state index in [4.69, 9.17) is 0 Å². The van der Waals surface area contributed by atoms with Gasteiger partial charge < -0.3 is 10.2 Å². The lowest BCUT2D eigenvalue weighted by Gasteiger charge is -2.31. The van der Waals surface area contributed by atoms with Crippen LogP contribution in [0.4, 0.5) is 5.13 Å². The molecule has 7 heteroatoms. The summed E-state index contributed by atoms with van der Waals surface area (Å²) in [7, 11) is 2.11. The number of aliphatic imine (C=N–C) groups is 1. The summed E-state index contributed by atoms with van der Waals surface area (Å²) in [5.41, 5.74) is 4.53. The quantitative estimate of drug-likeness (QED) is 0.898. The molecular weight excluding hydrogens is 346 g/mol. The number of aromatic nitrogens is 1. The number of hydrogen-bond acceptors (Lipinski definition) is 6. The maximum Gasteiger partial charge on any atom is 0.240 e. The molecular formula is C19H23N5OS. The van der Waals surface area contributed by atoms with E-state index in [0.717, 1.165) is 48.9 Å². The maximum atomic E-state index is 12.4. The fourth-order valence-electron chi connectivity index (χ4n) is 3.34. The first-order valence-corrected chi connectivity index (χ1v) is 9.71. The predicted octanol–water partition coefficient (Wildman–Crippen LogP) is 2.24. The summed E-state index contributed by atoms with van der Waals surface area (Å²) in [6.45, 7) is 7.05. The normalized spacial score (nSPS) is 17.5. The van der Waals surface area contributed by atoms with Gasteiger partial charge in [0.05, 0.1) is 23.7 Å². The second kappa shape index (κ2) is 7.26. The molecule has 1 saturated heterocycles. The van der Waals surface area contributed by atoms with Crippen molar-refractivity contribution >= 4 is 28.6 Å². The van der Waals surface area contributed by atoms with E-state index in [1.807, 2.05) is 13.1 Å². The zero-order valence-corrected chi connectivity index (χ0v) is 16.0. The van der Waals surface area contributed by atoms with Gasteiger partial charge in [-0.1, -0.05) is 23.5 Å². The number of carbonyl (C=O) groups is 1. The Bertz CT molecular complexity index is 852. The highest BCUT2D eigenvalue weighted by Crippen LogP contribution is 2.34. The molecule has 0 bridgehead atoms. The molecule has 0 radical (unpaired) electrons. The number of fused-ring (bicyclic) bond motifs is 1. The van der Waals surface area contributed by atoms with Crippen LogP contribution in [0.1, 0.15) is 16.8 Å². The average Bonchev–Trinajstić information content (AvgIpc) is 3.22. The third kappa shape index (κ3) is 3.70. The van der Waals surface area contributed by atoms with Crippen LogP contribution in [0.25, 0.3) is 10.4 Å². The third-order valence-electron chi connectivity index (χ3n) is 4.90. The Morgan fingerprint density at radius 2 is 2.08 bits per heavy atom. The Labute approximate surface area is 157 Å². The first kappa shape index (κ1) is 17.3. The van der Waals surface area contributed by atoms with E-state index in [9.17, 15) is 4.79 Å². The van der Waals surface area contributed by atoms with Crippen LogP contribution in [0.3, 0.4) is 0 Å². The highest BCUT2D eigenvalue weighted by molar-refractivity contribution is 7.19. The Hall–Kier alpha value is -2.09. The van der Waals surface area contributed by atoms with Gasteiger partial charge in [-0.2, -0.15) is 0 Å². The summed E-state index contributed by atoms with van der Waals surface area (Å²) in [4.78, 5) is 26.8. The van der Waals surface area contributed by atoms with Crippen LogP contribution in [0.15, 0.2) is 23.2 Å². The summed E-state index contributed by atoms with van der Waals surface area (Å²) < 4.78 is 0. The van der Waals surface area contributed by atoms with E-state index in [1.54, 1.807) is 0 Å². The monoisotopic (exact) mass is 369 g/mol. The van der Waals surface area contributed by atoms with Crippen LogP contribution >= 0.6 is 11.3 Å². The van der Waals surface area contributed by atoms with E-state index in [0.29, 0.717) is 11.7 Å². The first-order valence-electron chi connectivity index (χ1n) is 8.90. The number of anilines is 1. The number of carbonyl (C=O) groups excluding carboxylic acids is 1. The van der Waals surface area contributed by atoms with Crippen molar-refractivity contribution in [3.8, 4) is 10.4 Å². The van der Waals surface area contributed by atoms with Gasteiger partial charge in [0.2, 0.25) is 5.91 Å². The van der Waals surface area contributed by atoms with Crippen LogP contribution in [-0.2, 0) is 11.3 Å². The fraction of sp³-hybridized carbons (Fsp3) is 0.421. The molecule has 1 aromatic carbocycles. The molecule has 3 heterocycles. The minimum absolute atomic E-state index is 0.0113. The second-order valence-corrected chi connectivity index (χ2v) is 7.94. The minimum atomic E-state index is 0.0113. The van der Waals surface area contributed by atoms with Gasteiger partial charge in [-0.05, 0) is 36.7 Å². The van der Waals surface area contributed by atoms with E-state index in [-0.39, 0.29) is 5.91 Å². The minimum Gasteiger partial charge on any atom is -0.304 e. The molecule has 1 fully saturated rings. The van der Waals surface area contributed by atoms with E-state index >= 15 is 0 Å². The molecule has 6 nitrogen and oxygen atoms in total. The van der Waals surface area contributed by atoms with Gasteiger partial charge in [0, 0.05) is 32.4 Å². The number of nitrogens with one attached hydrogen (secondary N) is 1. The van der Waals surface area contributed by atoms with Crippen molar-refractivity contribution in [2.75, 3.05) is 45.1 Å². The van der Waals surface area contributed by atoms with Crippen LogP contribution in [0, 0.1) is 6.92 Å². The summed E-state index contributed by atoms with van der Waals surface area (Å²) in [6.07, 6.45) is 1.92.